The maximum absolute atomic E-state index is 13.4. The highest BCUT2D eigenvalue weighted by Crippen LogP contribution is 2.44. The predicted octanol–water partition coefficient (Wildman–Crippen LogP) is 3.41. The molecule has 2 saturated carbocycles. The first kappa shape index (κ1) is 11.2. The molecule has 2 aliphatic carbocycles. The Labute approximate surface area is 102 Å². The lowest BCUT2D eigenvalue weighted by atomic mass is 10.1. The molecule has 2 fully saturated rings. The van der Waals surface area contributed by atoms with Crippen LogP contribution in [0.3, 0.4) is 0 Å². The molecule has 1 aromatic carbocycles. The van der Waals surface area contributed by atoms with Crippen LogP contribution in [-0.2, 0) is 6.54 Å². The second kappa shape index (κ2) is 4.41. The molecule has 92 valence electrons. The molecule has 2 heteroatoms. The Morgan fingerprint density at radius 2 is 1.88 bits per heavy atom. The zero-order valence-corrected chi connectivity index (χ0v) is 10.4. The molecule has 0 radical (unpaired) electrons. The highest BCUT2D eigenvalue weighted by atomic mass is 19.1. The average Bonchev–Trinajstić information content (AvgIpc) is 3.14. The highest BCUT2D eigenvalue weighted by Gasteiger charge is 2.40. The van der Waals surface area contributed by atoms with Crippen LogP contribution in [-0.4, -0.2) is 6.04 Å². The number of hydrogen-bond acceptors (Lipinski definition) is 1. The molecule has 0 aromatic heterocycles. The fourth-order valence-electron chi connectivity index (χ4n) is 2.61. The van der Waals surface area contributed by atoms with E-state index in [0.717, 1.165) is 29.5 Å². The van der Waals surface area contributed by atoms with E-state index in [2.05, 4.69) is 5.32 Å². The summed E-state index contributed by atoms with van der Waals surface area (Å²) in [5.74, 6) is 1.72. The Morgan fingerprint density at radius 1 is 1.24 bits per heavy atom. The van der Waals surface area contributed by atoms with E-state index in [0.29, 0.717) is 6.04 Å². The number of aryl methyl sites for hydroxylation is 1. The zero-order chi connectivity index (χ0) is 11.8. The lowest BCUT2D eigenvalue weighted by Gasteiger charge is -2.17. The van der Waals surface area contributed by atoms with Gasteiger partial charge in [0.1, 0.15) is 5.82 Å². The maximum atomic E-state index is 13.4. The maximum Gasteiger partial charge on any atom is 0.126 e. The molecule has 1 nitrogen and oxygen atoms in total. The molecule has 0 unspecified atom stereocenters. The summed E-state index contributed by atoms with van der Waals surface area (Å²) >= 11 is 0. The van der Waals surface area contributed by atoms with E-state index in [1.165, 1.54) is 25.7 Å². The Morgan fingerprint density at radius 3 is 2.41 bits per heavy atom. The summed E-state index contributed by atoms with van der Waals surface area (Å²) in [6.45, 7) is 2.62. The van der Waals surface area contributed by atoms with E-state index in [-0.39, 0.29) is 5.82 Å². The van der Waals surface area contributed by atoms with Crippen molar-refractivity contribution in [2.75, 3.05) is 0 Å². The largest absolute Gasteiger partial charge is 0.309 e. The minimum Gasteiger partial charge on any atom is -0.309 e. The monoisotopic (exact) mass is 233 g/mol. The van der Waals surface area contributed by atoms with Gasteiger partial charge in [0, 0.05) is 12.6 Å². The van der Waals surface area contributed by atoms with Gasteiger partial charge in [0.2, 0.25) is 0 Å². The predicted molar refractivity (Wildman–Crippen MR) is 67.2 cm³/mol. The summed E-state index contributed by atoms with van der Waals surface area (Å²) in [6, 6.07) is 6.26. The molecule has 0 aliphatic heterocycles. The van der Waals surface area contributed by atoms with Crippen LogP contribution in [0.4, 0.5) is 4.39 Å². The van der Waals surface area contributed by atoms with E-state index in [4.69, 9.17) is 0 Å². The van der Waals surface area contributed by atoms with Gasteiger partial charge in [-0.2, -0.15) is 0 Å². The number of benzene rings is 1. The fraction of sp³-hybridized carbons (Fsp3) is 0.600. The Hall–Kier alpha value is -0.890. The van der Waals surface area contributed by atoms with Gasteiger partial charge in [0.25, 0.3) is 0 Å². The Balaban J connectivity index is 1.60. The van der Waals surface area contributed by atoms with E-state index >= 15 is 0 Å². The lowest BCUT2D eigenvalue weighted by Crippen LogP contribution is -2.32. The second-order valence-corrected chi connectivity index (χ2v) is 5.67. The third kappa shape index (κ3) is 2.68. The van der Waals surface area contributed by atoms with Gasteiger partial charge in [-0.25, -0.2) is 4.39 Å². The van der Waals surface area contributed by atoms with Crippen LogP contribution in [0.25, 0.3) is 0 Å². The molecule has 0 bridgehead atoms. The molecule has 1 N–H and O–H groups in total. The number of halogens is 1. The lowest BCUT2D eigenvalue weighted by molar-refractivity contribution is 0.415. The van der Waals surface area contributed by atoms with Crippen molar-refractivity contribution < 1.29 is 4.39 Å². The molecule has 0 atom stereocenters. The van der Waals surface area contributed by atoms with Gasteiger partial charge < -0.3 is 5.32 Å². The first-order valence-electron chi connectivity index (χ1n) is 6.72. The van der Waals surface area contributed by atoms with E-state index in [1.807, 2.05) is 19.1 Å². The molecule has 0 spiro atoms. The van der Waals surface area contributed by atoms with Gasteiger partial charge in [-0.1, -0.05) is 12.1 Å². The van der Waals surface area contributed by atoms with Gasteiger partial charge in [0.05, 0.1) is 0 Å². The normalized spacial score (nSPS) is 19.9. The summed E-state index contributed by atoms with van der Waals surface area (Å²) in [6.07, 6.45) is 5.54. The van der Waals surface area contributed by atoms with Gasteiger partial charge in [-0.15, -0.1) is 0 Å². The topological polar surface area (TPSA) is 12.0 Å². The van der Waals surface area contributed by atoms with E-state index < -0.39 is 0 Å². The molecular formula is C15H20FN. The molecule has 0 amide bonds. The minimum absolute atomic E-state index is 0.0845. The van der Waals surface area contributed by atoms with Crippen LogP contribution in [0.2, 0.25) is 0 Å². The highest BCUT2D eigenvalue weighted by molar-refractivity contribution is 5.23. The van der Waals surface area contributed by atoms with Crippen LogP contribution < -0.4 is 5.32 Å². The molecule has 17 heavy (non-hydrogen) atoms. The van der Waals surface area contributed by atoms with Crippen LogP contribution in [0.1, 0.15) is 36.8 Å². The fourth-order valence-corrected chi connectivity index (χ4v) is 2.61. The molecule has 2 aliphatic rings. The summed E-state index contributed by atoms with van der Waals surface area (Å²) in [4.78, 5) is 0. The molecule has 0 saturated heterocycles. The number of nitrogens with one attached hydrogen (secondary N) is 1. The van der Waals surface area contributed by atoms with Gasteiger partial charge in [-0.05, 0) is 61.6 Å². The van der Waals surface area contributed by atoms with Crippen molar-refractivity contribution in [1.29, 1.82) is 0 Å². The second-order valence-electron chi connectivity index (χ2n) is 5.67. The van der Waals surface area contributed by atoms with Crippen molar-refractivity contribution in [3.63, 3.8) is 0 Å². The summed E-state index contributed by atoms with van der Waals surface area (Å²) in [5, 5.41) is 3.64. The zero-order valence-electron chi connectivity index (χ0n) is 10.4. The Kier molecular flexibility index (Phi) is 2.91. The quantitative estimate of drug-likeness (QED) is 0.821. The minimum atomic E-state index is -0.0845. The van der Waals surface area contributed by atoms with Crippen LogP contribution >= 0.6 is 0 Å². The molecule has 0 heterocycles. The van der Waals surface area contributed by atoms with E-state index in [9.17, 15) is 4.39 Å². The first-order chi connectivity index (χ1) is 8.24. The van der Waals surface area contributed by atoms with Crippen molar-refractivity contribution in [3.8, 4) is 0 Å². The first-order valence-corrected chi connectivity index (χ1v) is 6.72. The summed E-state index contributed by atoms with van der Waals surface area (Å²) in [7, 11) is 0. The van der Waals surface area contributed by atoms with Gasteiger partial charge in [-0.3, -0.25) is 0 Å². The van der Waals surface area contributed by atoms with Crippen LogP contribution in [0, 0.1) is 24.6 Å². The summed E-state index contributed by atoms with van der Waals surface area (Å²) < 4.78 is 13.4. The Bertz CT molecular complexity index is 395. The van der Waals surface area contributed by atoms with Crippen molar-refractivity contribution in [3.05, 3.63) is 35.1 Å². The molecular weight excluding hydrogens is 213 g/mol. The number of rotatable bonds is 5. The van der Waals surface area contributed by atoms with Crippen molar-refractivity contribution in [2.45, 2.75) is 45.2 Å². The van der Waals surface area contributed by atoms with Crippen molar-refractivity contribution in [1.82, 2.24) is 5.32 Å². The number of hydrogen-bond donors (Lipinski definition) is 1. The average molecular weight is 233 g/mol. The SMILES string of the molecule is Cc1ccc(CNC(C2CC2)C2CC2)cc1F. The van der Waals surface area contributed by atoms with Gasteiger partial charge >= 0.3 is 0 Å². The van der Waals surface area contributed by atoms with Crippen LogP contribution in [0.15, 0.2) is 18.2 Å². The van der Waals surface area contributed by atoms with Crippen molar-refractivity contribution in [2.24, 2.45) is 11.8 Å². The smallest absolute Gasteiger partial charge is 0.126 e. The third-order valence-corrected chi connectivity index (χ3v) is 4.04. The molecule has 1 aromatic rings. The standard InChI is InChI=1S/C15H20FN/c1-10-2-3-11(8-14(10)16)9-17-15(12-4-5-12)13-6-7-13/h2-3,8,12-13,15,17H,4-7,9H2,1H3. The van der Waals surface area contributed by atoms with Crippen LogP contribution in [0.5, 0.6) is 0 Å². The van der Waals surface area contributed by atoms with Crippen molar-refractivity contribution >= 4 is 0 Å². The van der Waals surface area contributed by atoms with Gasteiger partial charge in [0.15, 0.2) is 0 Å². The summed E-state index contributed by atoms with van der Waals surface area (Å²) in [5.41, 5.74) is 1.80. The molecule has 3 rings (SSSR count). The van der Waals surface area contributed by atoms with E-state index in [1.54, 1.807) is 6.07 Å². The third-order valence-electron chi connectivity index (χ3n) is 4.04.